The third-order valence-corrected chi connectivity index (χ3v) is 5.71. The van der Waals surface area contributed by atoms with Crippen LogP contribution in [-0.2, 0) is 16.0 Å². The highest BCUT2D eigenvalue weighted by Crippen LogP contribution is 2.36. The third kappa shape index (κ3) is 3.56. The summed E-state index contributed by atoms with van der Waals surface area (Å²) >= 11 is 0. The van der Waals surface area contributed by atoms with Crippen molar-refractivity contribution in [3.8, 4) is 0 Å². The van der Waals surface area contributed by atoms with Gasteiger partial charge in [0.2, 0.25) is 6.17 Å². The van der Waals surface area contributed by atoms with E-state index >= 15 is 0 Å². The summed E-state index contributed by atoms with van der Waals surface area (Å²) < 4.78 is 0. The molecule has 3 aromatic rings. The molecule has 2 aliphatic heterocycles. The van der Waals surface area contributed by atoms with E-state index in [1.807, 2.05) is 78.9 Å². The topological polar surface area (TPSA) is 87.8 Å². The number of anilines is 1. The summed E-state index contributed by atoms with van der Waals surface area (Å²) in [5.74, 6) is -0.795. The molecular formula is C26H22N4O2. The van der Waals surface area contributed by atoms with Gasteiger partial charge in [0.25, 0.3) is 11.8 Å². The van der Waals surface area contributed by atoms with Crippen LogP contribution in [0.25, 0.3) is 6.08 Å². The molecule has 3 aromatic carbocycles. The molecule has 0 aromatic heterocycles. The Hall–Kier alpha value is -4.19. The Balaban J connectivity index is 1.54. The molecule has 0 saturated heterocycles. The first-order valence-electron chi connectivity index (χ1n) is 10.5. The maximum Gasteiger partial charge on any atom is 0.272 e. The number of aliphatic imine (C=N–C) groups is 1. The second-order valence-corrected chi connectivity index (χ2v) is 7.78. The van der Waals surface area contributed by atoms with Crippen LogP contribution in [0.3, 0.4) is 0 Å². The number of benzene rings is 3. The molecule has 1 unspecified atom stereocenters. The van der Waals surface area contributed by atoms with Crippen molar-refractivity contribution in [2.24, 2.45) is 10.7 Å². The van der Waals surface area contributed by atoms with Crippen LogP contribution in [0.1, 0.15) is 22.3 Å². The summed E-state index contributed by atoms with van der Waals surface area (Å²) in [5.41, 5.74) is 11.3. The van der Waals surface area contributed by atoms with E-state index in [4.69, 9.17) is 10.7 Å². The first-order chi connectivity index (χ1) is 15.6. The van der Waals surface area contributed by atoms with Gasteiger partial charge >= 0.3 is 0 Å². The van der Waals surface area contributed by atoms with Crippen molar-refractivity contribution in [3.63, 3.8) is 0 Å². The molecule has 5 rings (SSSR count). The van der Waals surface area contributed by atoms with Crippen LogP contribution in [0.15, 0.2) is 89.6 Å². The van der Waals surface area contributed by atoms with Gasteiger partial charge in [-0.05, 0) is 23.6 Å². The highest BCUT2D eigenvalue weighted by Gasteiger charge is 2.37. The van der Waals surface area contributed by atoms with Gasteiger partial charge in [-0.3, -0.25) is 9.59 Å². The van der Waals surface area contributed by atoms with Crippen LogP contribution < -0.4 is 16.0 Å². The molecule has 158 valence electrons. The van der Waals surface area contributed by atoms with E-state index in [0.717, 1.165) is 34.4 Å². The molecule has 2 heterocycles. The number of carbonyl (C=O) groups excluding carboxylic acids is 2. The van der Waals surface area contributed by atoms with Gasteiger partial charge in [0.15, 0.2) is 0 Å². The minimum absolute atomic E-state index is 0.0179. The number of rotatable bonds is 4. The maximum atomic E-state index is 13.4. The molecule has 2 aliphatic rings. The lowest BCUT2D eigenvalue weighted by atomic mass is 9.98. The Morgan fingerprint density at radius 3 is 2.47 bits per heavy atom. The number of nitrogens with zero attached hydrogens (tertiary/aromatic N) is 2. The number of carbonyl (C=O) groups is 2. The van der Waals surface area contributed by atoms with Crippen LogP contribution in [0.5, 0.6) is 0 Å². The second-order valence-electron chi connectivity index (χ2n) is 7.78. The summed E-state index contributed by atoms with van der Waals surface area (Å²) in [6.45, 7) is 0.560. The van der Waals surface area contributed by atoms with Crippen LogP contribution in [0.4, 0.5) is 5.69 Å². The van der Waals surface area contributed by atoms with E-state index < -0.39 is 12.1 Å². The van der Waals surface area contributed by atoms with E-state index in [0.29, 0.717) is 12.3 Å². The SMILES string of the molecule is N/C(=C\c1ccccc1)C(=O)NC1N=C(c2ccccc2)c2cccc3c2N(CC3)C1=O. The van der Waals surface area contributed by atoms with Crippen molar-refractivity contribution in [2.75, 3.05) is 11.4 Å². The van der Waals surface area contributed by atoms with Crippen molar-refractivity contribution < 1.29 is 9.59 Å². The molecule has 0 fully saturated rings. The summed E-state index contributed by atoms with van der Waals surface area (Å²) in [6, 6.07) is 25.0. The lowest BCUT2D eigenvalue weighted by molar-refractivity contribution is -0.125. The molecule has 0 bridgehead atoms. The van der Waals surface area contributed by atoms with Gasteiger partial charge in [0, 0.05) is 17.7 Å². The maximum absolute atomic E-state index is 13.4. The predicted octanol–water partition coefficient (Wildman–Crippen LogP) is 2.87. The molecule has 32 heavy (non-hydrogen) atoms. The van der Waals surface area contributed by atoms with Gasteiger partial charge in [-0.1, -0.05) is 78.9 Å². The van der Waals surface area contributed by atoms with Crippen molar-refractivity contribution in [1.82, 2.24) is 5.32 Å². The standard InChI is InChI=1S/C26H22N4O2/c27-21(16-17-8-3-1-4-9-17)25(31)29-24-26(32)30-15-14-19-12-7-13-20(23(19)30)22(28-24)18-10-5-2-6-11-18/h1-13,16,24H,14-15,27H2,(H,29,31)/b21-16-. The van der Waals surface area contributed by atoms with Crippen LogP contribution in [0, 0.1) is 0 Å². The van der Waals surface area contributed by atoms with Gasteiger partial charge in [0.1, 0.15) is 0 Å². The lowest BCUT2D eigenvalue weighted by Gasteiger charge is -2.21. The fourth-order valence-electron chi connectivity index (χ4n) is 4.19. The zero-order valence-corrected chi connectivity index (χ0v) is 17.4. The number of amides is 2. The number of nitrogens with two attached hydrogens (primary N) is 1. The minimum Gasteiger partial charge on any atom is -0.394 e. The van der Waals surface area contributed by atoms with Gasteiger partial charge in [-0.15, -0.1) is 0 Å². The van der Waals surface area contributed by atoms with E-state index in [1.165, 1.54) is 0 Å². The van der Waals surface area contributed by atoms with Crippen molar-refractivity contribution >= 4 is 29.3 Å². The average molecular weight is 422 g/mol. The molecule has 1 atom stereocenters. The Morgan fingerprint density at radius 2 is 1.72 bits per heavy atom. The fourth-order valence-corrected chi connectivity index (χ4v) is 4.19. The predicted molar refractivity (Wildman–Crippen MR) is 125 cm³/mol. The van der Waals surface area contributed by atoms with Crippen LogP contribution >= 0.6 is 0 Å². The number of hydrogen-bond donors (Lipinski definition) is 2. The Morgan fingerprint density at radius 1 is 1.00 bits per heavy atom. The zero-order chi connectivity index (χ0) is 22.1. The minimum atomic E-state index is -1.07. The molecular weight excluding hydrogens is 400 g/mol. The second kappa shape index (κ2) is 8.15. The third-order valence-electron chi connectivity index (χ3n) is 5.71. The first-order valence-corrected chi connectivity index (χ1v) is 10.5. The lowest BCUT2D eigenvalue weighted by Crippen LogP contribution is -2.48. The highest BCUT2D eigenvalue weighted by atomic mass is 16.2. The molecule has 6 nitrogen and oxygen atoms in total. The van der Waals surface area contributed by atoms with Gasteiger partial charge < -0.3 is 16.0 Å². The van der Waals surface area contributed by atoms with Crippen molar-refractivity contribution in [2.45, 2.75) is 12.6 Å². The Bertz CT molecular complexity index is 1250. The summed E-state index contributed by atoms with van der Waals surface area (Å²) in [5, 5.41) is 2.74. The smallest absolute Gasteiger partial charge is 0.272 e. The normalized spacial score (nSPS) is 17.4. The summed E-state index contributed by atoms with van der Waals surface area (Å²) in [6.07, 6.45) is 1.29. The molecule has 0 saturated carbocycles. The molecule has 2 amide bonds. The van der Waals surface area contributed by atoms with Gasteiger partial charge in [-0.2, -0.15) is 0 Å². The van der Waals surface area contributed by atoms with Gasteiger partial charge in [-0.25, -0.2) is 4.99 Å². The van der Waals surface area contributed by atoms with Crippen molar-refractivity contribution in [3.05, 3.63) is 107 Å². The molecule has 6 heteroatoms. The van der Waals surface area contributed by atoms with E-state index in [9.17, 15) is 9.59 Å². The first kappa shape index (κ1) is 19.8. The zero-order valence-electron chi connectivity index (χ0n) is 17.4. The highest BCUT2D eigenvalue weighted by molar-refractivity contribution is 6.21. The molecule has 0 aliphatic carbocycles. The summed E-state index contributed by atoms with van der Waals surface area (Å²) in [7, 11) is 0. The molecule has 3 N–H and O–H groups in total. The fraction of sp³-hybridized carbons (Fsp3) is 0.115. The number of para-hydroxylation sites is 1. The number of nitrogens with one attached hydrogen (secondary N) is 1. The van der Waals surface area contributed by atoms with E-state index in [1.54, 1.807) is 11.0 Å². The Labute approximate surface area is 186 Å². The largest absolute Gasteiger partial charge is 0.394 e. The van der Waals surface area contributed by atoms with Crippen molar-refractivity contribution in [1.29, 1.82) is 0 Å². The molecule has 0 spiro atoms. The Kier molecular flexibility index (Phi) is 5.03. The summed E-state index contributed by atoms with van der Waals surface area (Å²) in [4.78, 5) is 32.7. The van der Waals surface area contributed by atoms with E-state index in [2.05, 4.69) is 5.32 Å². The van der Waals surface area contributed by atoms with Crippen LogP contribution in [-0.4, -0.2) is 30.2 Å². The van der Waals surface area contributed by atoms with Gasteiger partial charge in [0.05, 0.1) is 17.1 Å². The monoisotopic (exact) mass is 422 g/mol. The number of hydrogen-bond acceptors (Lipinski definition) is 4. The van der Waals surface area contributed by atoms with Crippen LogP contribution in [0.2, 0.25) is 0 Å². The quantitative estimate of drug-likeness (QED) is 0.634. The molecule has 0 radical (unpaired) electrons. The van der Waals surface area contributed by atoms with E-state index in [-0.39, 0.29) is 11.6 Å². The average Bonchev–Trinajstić information content (AvgIpc) is 3.22.